The second kappa shape index (κ2) is 8.43. The summed E-state index contributed by atoms with van der Waals surface area (Å²) in [6.07, 6.45) is 0.777. The maximum absolute atomic E-state index is 14.1. The number of nitrogens with zero attached hydrogens (tertiary/aromatic N) is 2. The van der Waals surface area contributed by atoms with Gasteiger partial charge in [-0.25, -0.2) is 17.6 Å². The molecule has 2 aromatic carbocycles. The van der Waals surface area contributed by atoms with Crippen LogP contribution >= 0.6 is 0 Å². The Bertz CT molecular complexity index is 1090. The summed E-state index contributed by atoms with van der Waals surface area (Å²) in [7, 11) is -4.27. The number of nitrogens with one attached hydrogen (secondary N) is 1. The number of carbonyl (C=O) groups is 2. The summed E-state index contributed by atoms with van der Waals surface area (Å²) in [5.74, 6) is -0.639. The van der Waals surface area contributed by atoms with Crippen LogP contribution in [0, 0.1) is 18.7 Å². The van der Waals surface area contributed by atoms with Crippen molar-refractivity contribution in [2.45, 2.75) is 32.1 Å². The molecule has 1 aliphatic rings. The van der Waals surface area contributed by atoms with Crippen molar-refractivity contribution in [2.24, 2.45) is 5.92 Å². The summed E-state index contributed by atoms with van der Waals surface area (Å²) in [4.78, 5) is 26.6. The van der Waals surface area contributed by atoms with Gasteiger partial charge in [0.1, 0.15) is 17.3 Å². The van der Waals surface area contributed by atoms with E-state index in [0.29, 0.717) is 22.3 Å². The molecular weight excluding hydrogens is 409 g/mol. The molecule has 7 nitrogen and oxygen atoms in total. The molecule has 2 aromatic rings. The number of carbonyl (C=O) groups excluding carboxylic acids is 2. The highest BCUT2D eigenvalue weighted by atomic mass is 32.2. The summed E-state index contributed by atoms with van der Waals surface area (Å²) in [6.45, 7) is 5.69. The first-order valence-electron chi connectivity index (χ1n) is 9.61. The van der Waals surface area contributed by atoms with Crippen LogP contribution in [-0.2, 0) is 14.8 Å². The molecule has 30 heavy (non-hydrogen) atoms. The molecule has 0 radical (unpaired) electrons. The van der Waals surface area contributed by atoms with Crippen LogP contribution in [0.4, 0.5) is 20.6 Å². The Morgan fingerprint density at radius 3 is 2.53 bits per heavy atom. The Morgan fingerprint density at radius 2 is 1.87 bits per heavy atom. The van der Waals surface area contributed by atoms with Crippen molar-refractivity contribution in [1.82, 2.24) is 5.32 Å². The van der Waals surface area contributed by atoms with Gasteiger partial charge in [-0.15, -0.1) is 0 Å². The summed E-state index contributed by atoms with van der Waals surface area (Å²) < 4.78 is 40.9. The van der Waals surface area contributed by atoms with Crippen molar-refractivity contribution in [2.75, 3.05) is 22.3 Å². The fraction of sp³-hybridized carbons (Fsp3) is 0.333. The van der Waals surface area contributed by atoms with Crippen molar-refractivity contribution < 1.29 is 22.4 Å². The number of rotatable bonds is 6. The topological polar surface area (TPSA) is 86.8 Å². The molecular formula is C21H24FN3O4S. The lowest BCUT2D eigenvalue weighted by Gasteiger charge is -2.35. The summed E-state index contributed by atoms with van der Waals surface area (Å²) in [5.41, 5.74) is 0.315. The van der Waals surface area contributed by atoms with Gasteiger partial charge in [-0.2, -0.15) is 4.31 Å². The molecule has 9 heteroatoms. The second-order valence-electron chi connectivity index (χ2n) is 7.57. The molecule has 3 rings (SSSR count). The Kier molecular flexibility index (Phi) is 6.12. The third kappa shape index (κ3) is 4.16. The monoisotopic (exact) mass is 433 g/mol. The molecule has 1 aliphatic heterocycles. The molecule has 0 fully saturated rings. The number of hydrogen-bond donors (Lipinski definition) is 1. The number of amides is 3. The van der Waals surface area contributed by atoms with Crippen LogP contribution in [0.2, 0.25) is 0 Å². The zero-order valence-electron chi connectivity index (χ0n) is 17.1. The van der Waals surface area contributed by atoms with Gasteiger partial charge in [0.15, 0.2) is 0 Å². The standard InChI is InChI=1S/C21H24FN3O4S/c1-14(2)10-11-23-20(26)13-24-18-6-4-5-7-19(18)30(28,29)25(21(24)27)16-9-8-15(3)17(22)12-16/h4-9,12,14H,10-11,13H2,1-3H3,(H,23,26). The predicted octanol–water partition coefficient (Wildman–Crippen LogP) is 3.43. The lowest BCUT2D eigenvalue weighted by Crippen LogP contribution is -2.53. The highest BCUT2D eigenvalue weighted by molar-refractivity contribution is 7.94. The van der Waals surface area contributed by atoms with E-state index in [2.05, 4.69) is 5.32 Å². The Labute approximate surface area is 175 Å². The van der Waals surface area contributed by atoms with E-state index in [0.717, 1.165) is 17.4 Å². The van der Waals surface area contributed by atoms with E-state index in [1.807, 2.05) is 13.8 Å². The van der Waals surface area contributed by atoms with Crippen LogP contribution in [0.1, 0.15) is 25.8 Å². The van der Waals surface area contributed by atoms with E-state index in [1.54, 1.807) is 6.07 Å². The number of halogens is 1. The number of hydrogen-bond acceptors (Lipinski definition) is 4. The Morgan fingerprint density at radius 1 is 1.17 bits per heavy atom. The number of urea groups is 1. The van der Waals surface area contributed by atoms with Gasteiger partial charge in [0.05, 0.1) is 11.4 Å². The predicted molar refractivity (Wildman–Crippen MR) is 112 cm³/mol. The van der Waals surface area contributed by atoms with Crippen molar-refractivity contribution >= 4 is 33.3 Å². The Balaban J connectivity index is 2.00. The smallest absolute Gasteiger partial charge is 0.343 e. The first-order valence-corrected chi connectivity index (χ1v) is 11.1. The SMILES string of the molecule is Cc1ccc(N2C(=O)N(CC(=O)NCCC(C)C)c3ccccc3S2(=O)=O)cc1F. The Hall–Kier alpha value is -2.94. The van der Waals surface area contributed by atoms with Gasteiger partial charge in [-0.3, -0.25) is 9.69 Å². The molecule has 0 aromatic heterocycles. The lowest BCUT2D eigenvalue weighted by molar-refractivity contribution is -0.119. The van der Waals surface area contributed by atoms with E-state index in [-0.39, 0.29) is 22.8 Å². The zero-order valence-corrected chi connectivity index (χ0v) is 17.9. The molecule has 0 saturated carbocycles. The number of anilines is 2. The number of sulfonamides is 1. The first kappa shape index (κ1) is 21.8. The molecule has 160 valence electrons. The van der Waals surface area contributed by atoms with Gasteiger partial charge in [-0.1, -0.05) is 32.0 Å². The average molecular weight is 434 g/mol. The highest BCUT2D eigenvalue weighted by Gasteiger charge is 2.43. The molecule has 1 heterocycles. The third-order valence-electron chi connectivity index (χ3n) is 4.81. The molecule has 0 unspecified atom stereocenters. The first-order chi connectivity index (χ1) is 14.1. The summed E-state index contributed by atoms with van der Waals surface area (Å²) in [5, 5.41) is 2.74. The lowest BCUT2D eigenvalue weighted by atomic mass is 10.1. The van der Waals surface area contributed by atoms with Gasteiger partial charge < -0.3 is 5.32 Å². The third-order valence-corrected chi connectivity index (χ3v) is 6.56. The normalized spacial score (nSPS) is 15.3. The van der Waals surface area contributed by atoms with Gasteiger partial charge in [-0.05, 0) is 49.1 Å². The highest BCUT2D eigenvalue weighted by Crippen LogP contribution is 2.37. The molecule has 1 N–H and O–H groups in total. The fourth-order valence-corrected chi connectivity index (χ4v) is 4.71. The summed E-state index contributed by atoms with van der Waals surface area (Å²) >= 11 is 0. The maximum Gasteiger partial charge on any atom is 0.343 e. The van der Waals surface area contributed by atoms with E-state index in [9.17, 15) is 22.4 Å². The van der Waals surface area contributed by atoms with Gasteiger partial charge in [0.2, 0.25) is 5.91 Å². The van der Waals surface area contributed by atoms with Gasteiger partial charge in [0, 0.05) is 6.54 Å². The molecule has 3 amide bonds. The van der Waals surface area contributed by atoms with E-state index >= 15 is 0 Å². The van der Waals surface area contributed by atoms with Crippen LogP contribution in [0.5, 0.6) is 0 Å². The minimum Gasteiger partial charge on any atom is -0.355 e. The summed E-state index contributed by atoms with van der Waals surface area (Å²) in [6, 6.07) is 8.78. The molecule has 0 spiro atoms. The quantitative estimate of drug-likeness (QED) is 0.756. The van der Waals surface area contributed by atoms with Gasteiger partial charge in [0.25, 0.3) is 10.0 Å². The average Bonchev–Trinajstić information content (AvgIpc) is 2.67. The number of para-hydroxylation sites is 1. The molecule has 0 atom stereocenters. The van der Waals surface area contributed by atoms with Crippen molar-refractivity contribution in [3.05, 3.63) is 53.8 Å². The van der Waals surface area contributed by atoms with E-state index < -0.39 is 27.8 Å². The van der Waals surface area contributed by atoms with E-state index in [1.165, 1.54) is 37.3 Å². The van der Waals surface area contributed by atoms with E-state index in [4.69, 9.17) is 0 Å². The number of aryl methyl sites for hydroxylation is 1. The zero-order chi connectivity index (χ0) is 22.1. The largest absolute Gasteiger partial charge is 0.355 e. The molecule has 0 saturated heterocycles. The van der Waals surface area contributed by atoms with Crippen LogP contribution < -0.4 is 14.5 Å². The van der Waals surface area contributed by atoms with Crippen LogP contribution in [0.25, 0.3) is 0 Å². The van der Waals surface area contributed by atoms with Crippen LogP contribution in [0.15, 0.2) is 47.4 Å². The minimum absolute atomic E-state index is 0.116. The molecule has 0 aliphatic carbocycles. The number of fused-ring (bicyclic) bond motifs is 1. The van der Waals surface area contributed by atoms with Crippen LogP contribution in [-0.4, -0.2) is 33.4 Å². The second-order valence-corrected chi connectivity index (χ2v) is 9.33. The van der Waals surface area contributed by atoms with Crippen molar-refractivity contribution in [3.63, 3.8) is 0 Å². The van der Waals surface area contributed by atoms with Crippen LogP contribution in [0.3, 0.4) is 0 Å². The van der Waals surface area contributed by atoms with Crippen molar-refractivity contribution in [3.8, 4) is 0 Å². The molecule has 0 bridgehead atoms. The maximum atomic E-state index is 14.1. The fourth-order valence-electron chi connectivity index (χ4n) is 3.12. The number of benzene rings is 2. The van der Waals surface area contributed by atoms with Gasteiger partial charge >= 0.3 is 6.03 Å². The van der Waals surface area contributed by atoms with Crippen molar-refractivity contribution in [1.29, 1.82) is 0 Å². The minimum atomic E-state index is -4.27.